The average molecular weight is 453 g/mol. The number of nitrogens with zero attached hydrogens (tertiary/aromatic N) is 1. The van der Waals surface area contributed by atoms with Gasteiger partial charge in [-0.2, -0.15) is 0 Å². The lowest BCUT2D eigenvalue weighted by Gasteiger charge is -2.35. The van der Waals surface area contributed by atoms with Crippen molar-refractivity contribution in [1.82, 2.24) is 4.90 Å². The van der Waals surface area contributed by atoms with E-state index in [4.69, 9.17) is 4.74 Å². The molecule has 1 heterocycles. The number of sulfonamides is 1. The van der Waals surface area contributed by atoms with Crippen LogP contribution < -0.4 is 4.72 Å². The smallest absolute Gasteiger partial charge is 0.261 e. The summed E-state index contributed by atoms with van der Waals surface area (Å²) >= 11 is 3.31. The number of hydrogen-bond donors (Lipinski definition) is 1. The van der Waals surface area contributed by atoms with Gasteiger partial charge in [0.2, 0.25) is 0 Å². The Kier molecular flexibility index (Phi) is 5.88. The highest BCUT2D eigenvalue weighted by molar-refractivity contribution is 9.10. The van der Waals surface area contributed by atoms with Gasteiger partial charge in [0.05, 0.1) is 17.1 Å². The Morgan fingerprint density at radius 1 is 1.11 bits per heavy atom. The quantitative estimate of drug-likeness (QED) is 0.769. The fourth-order valence-electron chi connectivity index (χ4n) is 3.05. The normalized spacial score (nSPS) is 20.3. The first-order valence-corrected chi connectivity index (χ1v) is 10.9. The molecule has 2 atom stereocenters. The van der Waals surface area contributed by atoms with E-state index >= 15 is 0 Å². The van der Waals surface area contributed by atoms with Crippen LogP contribution in [0.5, 0.6) is 0 Å². The van der Waals surface area contributed by atoms with E-state index in [2.05, 4.69) is 20.7 Å². The number of amides is 1. The van der Waals surface area contributed by atoms with Crippen LogP contribution in [0.2, 0.25) is 0 Å². The molecule has 3 rings (SSSR count). The monoisotopic (exact) mass is 452 g/mol. The van der Waals surface area contributed by atoms with Crippen LogP contribution in [-0.2, 0) is 14.8 Å². The number of anilines is 1. The van der Waals surface area contributed by atoms with Gasteiger partial charge in [0, 0.05) is 28.8 Å². The Morgan fingerprint density at radius 3 is 2.37 bits per heavy atom. The standard InChI is InChI=1S/C19H21BrN2O4S/c1-13-11-22(12-14(2)26-13)19(23)15-4-3-5-18(10-15)27(24,25)21-17-8-6-16(20)7-9-17/h3-10,13-14,21H,11-12H2,1-2H3. The lowest BCUT2D eigenvalue weighted by atomic mass is 10.1. The summed E-state index contributed by atoms with van der Waals surface area (Å²) in [5, 5.41) is 0. The summed E-state index contributed by atoms with van der Waals surface area (Å²) in [4.78, 5) is 14.6. The minimum Gasteiger partial charge on any atom is -0.372 e. The number of benzene rings is 2. The number of hydrogen-bond acceptors (Lipinski definition) is 4. The van der Waals surface area contributed by atoms with Gasteiger partial charge in [-0.25, -0.2) is 8.42 Å². The first kappa shape index (κ1) is 19.9. The van der Waals surface area contributed by atoms with Gasteiger partial charge in [-0.05, 0) is 56.3 Å². The first-order valence-electron chi connectivity index (χ1n) is 8.58. The van der Waals surface area contributed by atoms with Gasteiger partial charge in [0.1, 0.15) is 0 Å². The van der Waals surface area contributed by atoms with Crippen molar-refractivity contribution >= 4 is 37.5 Å². The lowest BCUT2D eigenvalue weighted by molar-refractivity contribution is -0.0586. The number of morpholine rings is 1. The number of rotatable bonds is 4. The van der Waals surface area contributed by atoms with Crippen LogP contribution in [0.1, 0.15) is 24.2 Å². The molecule has 0 aromatic heterocycles. The van der Waals surface area contributed by atoms with Gasteiger partial charge in [0.15, 0.2) is 0 Å². The molecule has 0 spiro atoms. The number of halogens is 1. The van der Waals surface area contributed by atoms with Crippen molar-refractivity contribution in [1.29, 1.82) is 0 Å². The summed E-state index contributed by atoms with van der Waals surface area (Å²) in [6, 6.07) is 12.9. The SMILES string of the molecule is CC1CN(C(=O)c2cccc(S(=O)(=O)Nc3ccc(Br)cc3)c2)CC(C)O1. The number of carbonyl (C=O) groups excluding carboxylic acids is 1. The summed E-state index contributed by atoms with van der Waals surface area (Å²) in [5.74, 6) is -0.197. The predicted octanol–water partition coefficient (Wildman–Crippen LogP) is 3.50. The molecule has 27 heavy (non-hydrogen) atoms. The Hall–Kier alpha value is -1.90. The number of nitrogens with one attached hydrogen (secondary N) is 1. The van der Waals surface area contributed by atoms with Gasteiger partial charge in [-0.1, -0.05) is 22.0 Å². The molecular weight excluding hydrogens is 432 g/mol. The van der Waals surface area contributed by atoms with E-state index in [1.165, 1.54) is 12.1 Å². The van der Waals surface area contributed by atoms with Crippen molar-refractivity contribution in [3.8, 4) is 0 Å². The average Bonchev–Trinajstić information content (AvgIpc) is 2.62. The van der Waals surface area contributed by atoms with Crippen LogP contribution in [0, 0.1) is 0 Å². The molecule has 1 aliphatic heterocycles. The minimum absolute atomic E-state index is 0.0469. The molecular formula is C19H21BrN2O4S. The summed E-state index contributed by atoms with van der Waals surface area (Å²) in [6.07, 6.45) is -0.104. The van der Waals surface area contributed by atoms with Crippen molar-refractivity contribution in [2.75, 3.05) is 17.8 Å². The molecule has 1 saturated heterocycles. The third-order valence-electron chi connectivity index (χ3n) is 4.19. The Balaban J connectivity index is 1.82. The maximum absolute atomic E-state index is 12.8. The molecule has 1 aliphatic rings. The highest BCUT2D eigenvalue weighted by Gasteiger charge is 2.27. The summed E-state index contributed by atoms with van der Waals surface area (Å²) in [7, 11) is -3.80. The molecule has 0 saturated carbocycles. The van der Waals surface area contributed by atoms with Crippen molar-refractivity contribution < 1.29 is 17.9 Å². The summed E-state index contributed by atoms with van der Waals surface area (Å²) in [5.41, 5.74) is 0.792. The second-order valence-corrected chi connectivity index (χ2v) is 9.21. The van der Waals surface area contributed by atoms with E-state index < -0.39 is 10.0 Å². The molecule has 1 fully saturated rings. The van der Waals surface area contributed by atoms with Crippen LogP contribution in [0.25, 0.3) is 0 Å². The zero-order valence-electron chi connectivity index (χ0n) is 15.1. The van der Waals surface area contributed by atoms with E-state index in [-0.39, 0.29) is 23.0 Å². The molecule has 0 bridgehead atoms. The summed E-state index contributed by atoms with van der Waals surface area (Å²) < 4.78 is 34.4. The third-order valence-corrected chi connectivity index (χ3v) is 6.10. The van der Waals surface area contributed by atoms with E-state index in [0.717, 1.165) is 4.47 Å². The van der Waals surface area contributed by atoms with Gasteiger partial charge >= 0.3 is 0 Å². The molecule has 1 amide bonds. The molecule has 2 aromatic carbocycles. The maximum Gasteiger partial charge on any atom is 0.261 e. The molecule has 8 heteroatoms. The molecule has 1 N–H and O–H groups in total. The second kappa shape index (κ2) is 8.00. The first-order chi connectivity index (χ1) is 12.7. The van der Waals surface area contributed by atoms with Gasteiger partial charge in [-0.3, -0.25) is 9.52 Å². The van der Waals surface area contributed by atoms with Crippen molar-refractivity contribution in [3.63, 3.8) is 0 Å². The largest absolute Gasteiger partial charge is 0.372 e. The van der Waals surface area contributed by atoms with Crippen LogP contribution in [-0.4, -0.2) is 44.5 Å². The maximum atomic E-state index is 12.8. The molecule has 144 valence electrons. The molecule has 0 aliphatic carbocycles. The molecule has 0 radical (unpaired) electrons. The Labute approximate surface area is 167 Å². The van der Waals surface area contributed by atoms with Crippen LogP contribution in [0.4, 0.5) is 5.69 Å². The van der Waals surface area contributed by atoms with Crippen molar-refractivity contribution in [2.45, 2.75) is 31.0 Å². The lowest BCUT2D eigenvalue weighted by Crippen LogP contribution is -2.48. The highest BCUT2D eigenvalue weighted by Crippen LogP contribution is 2.21. The summed E-state index contributed by atoms with van der Waals surface area (Å²) in [6.45, 7) is 4.80. The third kappa shape index (κ3) is 4.88. The highest BCUT2D eigenvalue weighted by atomic mass is 79.9. The predicted molar refractivity (Wildman–Crippen MR) is 107 cm³/mol. The Bertz CT molecular complexity index is 921. The number of ether oxygens (including phenoxy) is 1. The van der Waals surface area contributed by atoms with Gasteiger partial charge in [-0.15, -0.1) is 0 Å². The topological polar surface area (TPSA) is 75.7 Å². The van der Waals surface area contributed by atoms with Crippen molar-refractivity contribution in [3.05, 3.63) is 58.6 Å². The molecule has 2 aromatic rings. The van der Waals surface area contributed by atoms with E-state index in [9.17, 15) is 13.2 Å². The van der Waals surface area contributed by atoms with Crippen LogP contribution in [0.15, 0.2) is 57.9 Å². The van der Waals surface area contributed by atoms with Crippen LogP contribution in [0.3, 0.4) is 0 Å². The zero-order chi connectivity index (χ0) is 19.6. The molecule has 6 nitrogen and oxygen atoms in total. The fourth-order valence-corrected chi connectivity index (χ4v) is 4.42. The zero-order valence-corrected chi connectivity index (χ0v) is 17.5. The Morgan fingerprint density at radius 2 is 1.74 bits per heavy atom. The van der Waals surface area contributed by atoms with E-state index in [1.54, 1.807) is 41.3 Å². The van der Waals surface area contributed by atoms with Crippen molar-refractivity contribution in [2.24, 2.45) is 0 Å². The van der Waals surface area contributed by atoms with E-state index in [1.807, 2.05) is 13.8 Å². The number of carbonyl (C=O) groups is 1. The minimum atomic E-state index is -3.80. The molecule has 2 unspecified atom stereocenters. The van der Waals surface area contributed by atoms with Gasteiger partial charge in [0.25, 0.3) is 15.9 Å². The van der Waals surface area contributed by atoms with E-state index in [0.29, 0.717) is 24.3 Å². The van der Waals surface area contributed by atoms with Crippen LogP contribution >= 0.6 is 15.9 Å². The second-order valence-electron chi connectivity index (χ2n) is 6.61. The van der Waals surface area contributed by atoms with Gasteiger partial charge < -0.3 is 9.64 Å². The fraction of sp³-hybridized carbons (Fsp3) is 0.316.